The minimum atomic E-state index is -0.335. The molecule has 1 saturated heterocycles. The Kier molecular flexibility index (Phi) is 8.27. The van der Waals surface area contributed by atoms with Gasteiger partial charge in [0, 0.05) is 48.6 Å². The topological polar surface area (TPSA) is 57.6 Å². The second-order valence-corrected chi connectivity index (χ2v) is 9.68. The maximum absolute atomic E-state index is 14.0. The first-order valence-corrected chi connectivity index (χ1v) is 12.6. The molecule has 4 rings (SSSR count). The normalized spacial score (nSPS) is 20.5. The van der Waals surface area contributed by atoms with E-state index in [1.165, 1.54) is 5.56 Å². The van der Waals surface area contributed by atoms with E-state index < -0.39 is 0 Å². The Labute approximate surface area is 208 Å². The third kappa shape index (κ3) is 5.61. The lowest BCUT2D eigenvalue weighted by Gasteiger charge is -2.43. The van der Waals surface area contributed by atoms with Crippen LogP contribution >= 0.6 is 0 Å². The Morgan fingerprint density at radius 2 is 1.31 bits per heavy atom. The molecule has 1 N–H and O–H groups in total. The number of aliphatic hydroxyl groups is 1. The molecule has 1 fully saturated rings. The molecule has 0 aromatic heterocycles. The fourth-order valence-corrected chi connectivity index (χ4v) is 5.46. The second-order valence-electron chi connectivity index (χ2n) is 9.68. The summed E-state index contributed by atoms with van der Waals surface area (Å²) in [5, 5.41) is 9.29. The van der Waals surface area contributed by atoms with E-state index in [0.29, 0.717) is 30.6 Å². The molecule has 4 nitrogen and oxygen atoms in total. The molecule has 0 spiro atoms. The van der Waals surface area contributed by atoms with Gasteiger partial charge in [-0.1, -0.05) is 78.9 Å². The van der Waals surface area contributed by atoms with E-state index in [1.807, 2.05) is 66.7 Å². The van der Waals surface area contributed by atoms with Gasteiger partial charge >= 0.3 is 0 Å². The summed E-state index contributed by atoms with van der Waals surface area (Å²) in [7, 11) is 0. The van der Waals surface area contributed by atoms with Gasteiger partial charge in [-0.3, -0.25) is 9.59 Å². The highest BCUT2D eigenvalue weighted by Gasteiger charge is 2.45. The van der Waals surface area contributed by atoms with Crippen LogP contribution in [0, 0.1) is 25.7 Å². The van der Waals surface area contributed by atoms with E-state index in [0.717, 1.165) is 24.1 Å². The number of carbonyl (C=O) groups is 2. The number of unbranched alkanes of at least 4 members (excludes halogenated alkanes) is 1. The summed E-state index contributed by atoms with van der Waals surface area (Å²) < 4.78 is 0. The van der Waals surface area contributed by atoms with Crippen molar-refractivity contribution >= 4 is 11.6 Å². The first-order chi connectivity index (χ1) is 17.0. The Bertz CT molecular complexity index is 1080. The largest absolute Gasteiger partial charge is 0.396 e. The van der Waals surface area contributed by atoms with Crippen molar-refractivity contribution < 1.29 is 14.7 Å². The molecule has 0 amide bonds. The lowest BCUT2D eigenvalue weighted by molar-refractivity contribution is 0.0565. The van der Waals surface area contributed by atoms with Gasteiger partial charge in [0.2, 0.25) is 0 Å². The summed E-state index contributed by atoms with van der Waals surface area (Å²) in [5.41, 5.74) is 4.81. The Hall–Kier alpha value is -3.08. The zero-order valence-corrected chi connectivity index (χ0v) is 20.7. The number of likely N-dealkylation sites (tertiary alicyclic amines) is 1. The molecule has 1 heterocycles. The molecule has 0 radical (unpaired) electrons. The number of aryl methyl sites for hydroxylation is 1. The van der Waals surface area contributed by atoms with Crippen molar-refractivity contribution in [2.75, 3.05) is 26.2 Å². The molecule has 35 heavy (non-hydrogen) atoms. The maximum Gasteiger partial charge on any atom is 0.167 e. The monoisotopic (exact) mass is 469 g/mol. The zero-order chi connectivity index (χ0) is 24.8. The molecule has 3 aromatic rings. The van der Waals surface area contributed by atoms with Gasteiger partial charge in [0.05, 0.1) is 0 Å². The van der Waals surface area contributed by atoms with Crippen LogP contribution in [-0.4, -0.2) is 47.8 Å². The molecule has 3 aromatic carbocycles. The first-order valence-electron chi connectivity index (χ1n) is 12.6. The van der Waals surface area contributed by atoms with Crippen molar-refractivity contribution in [1.82, 2.24) is 4.90 Å². The van der Waals surface area contributed by atoms with Crippen LogP contribution in [0.25, 0.3) is 0 Å². The van der Waals surface area contributed by atoms with Gasteiger partial charge in [0.1, 0.15) is 0 Å². The summed E-state index contributed by atoms with van der Waals surface area (Å²) in [5.74, 6) is -0.690. The van der Waals surface area contributed by atoms with Crippen molar-refractivity contribution in [2.45, 2.75) is 32.6 Å². The summed E-state index contributed by atoms with van der Waals surface area (Å²) >= 11 is 0. The minimum Gasteiger partial charge on any atom is -0.396 e. The highest BCUT2D eigenvalue weighted by molar-refractivity contribution is 6.02. The molecule has 2 unspecified atom stereocenters. The van der Waals surface area contributed by atoms with Gasteiger partial charge in [-0.15, -0.1) is 0 Å². The van der Waals surface area contributed by atoms with Gasteiger partial charge in [-0.2, -0.15) is 0 Å². The van der Waals surface area contributed by atoms with Crippen LogP contribution in [-0.2, 0) is 0 Å². The van der Waals surface area contributed by atoms with Crippen molar-refractivity contribution in [3.05, 3.63) is 107 Å². The number of benzene rings is 3. The predicted octanol–water partition coefficient (Wildman–Crippen LogP) is 5.47. The molecular formula is C31H35NO3. The predicted molar refractivity (Wildman–Crippen MR) is 140 cm³/mol. The van der Waals surface area contributed by atoms with E-state index >= 15 is 0 Å². The molecule has 1 aliphatic rings. The van der Waals surface area contributed by atoms with Crippen molar-refractivity contribution in [2.24, 2.45) is 11.8 Å². The van der Waals surface area contributed by atoms with E-state index in [1.54, 1.807) is 0 Å². The van der Waals surface area contributed by atoms with E-state index in [2.05, 4.69) is 30.9 Å². The number of nitrogens with zero attached hydrogens (tertiary/aromatic N) is 1. The van der Waals surface area contributed by atoms with Gasteiger partial charge in [0.25, 0.3) is 0 Å². The SMILES string of the molecule is Cc1cccc(C2C(C(=O)c3ccccc3)CN(CCCCO)CC2C(=O)c2ccccc2)c1C. The number of Topliss-reactive ketones (excluding diaryl/α,β-unsaturated/α-hetero) is 2. The molecule has 0 bridgehead atoms. The standard InChI is InChI=1S/C31H35NO3/c1-22-12-11-17-26(23(22)2)29-27(30(34)24-13-5-3-6-14-24)20-32(18-9-10-19-33)21-28(29)31(35)25-15-7-4-8-16-25/h3-8,11-17,27-29,33H,9-10,18-21H2,1-2H3. The molecular weight excluding hydrogens is 434 g/mol. The number of ketones is 2. The average Bonchev–Trinajstić information content (AvgIpc) is 2.90. The van der Waals surface area contributed by atoms with E-state index in [4.69, 9.17) is 0 Å². The summed E-state index contributed by atoms with van der Waals surface area (Å²) in [6, 6.07) is 25.2. The van der Waals surface area contributed by atoms with Crippen LogP contribution in [0.5, 0.6) is 0 Å². The fourth-order valence-electron chi connectivity index (χ4n) is 5.46. The highest BCUT2D eigenvalue weighted by Crippen LogP contribution is 2.42. The Morgan fingerprint density at radius 3 is 1.83 bits per heavy atom. The number of piperidine rings is 1. The summed E-state index contributed by atoms with van der Waals surface area (Å²) in [4.78, 5) is 30.2. The molecule has 0 saturated carbocycles. The molecule has 0 aliphatic carbocycles. The third-order valence-corrected chi connectivity index (χ3v) is 7.46. The quantitative estimate of drug-likeness (QED) is 0.333. The van der Waals surface area contributed by atoms with E-state index in [-0.39, 0.29) is 35.9 Å². The van der Waals surface area contributed by atoms with Gasteiger partial charge in [0.15, 0.2) is 11.6 Å². The smallest absolute Gasteiger partial charge is 0.167 e. The number of aliphatic hydroxyl groups excluding tert-OH is 1. The van der Waals surface area contributed by atoms with Gasteiger partial charge in [-0.25, -0.2) is 0 Å². The van der Waals surface area contributed by atoms with Crippen LogP contribution in [0.2, 0.25) is 0 Å². The minimum absolute atomic E-state index is 0.0919. The Morgan fingerprint density at radius 1 is 0.771 bits per heavy atom. The van der Waals surface area contributed by atoms with Crippen molar-refractivity contribution in [3.63, 3.8) is 0 Å². The average molecular weight is 470 g/mol. The van der Waals surface area contributed by atoms with Crippen LogP contribution in [0.15, 0.2) is 78.9 Å². The lowest BCUT2D eigenvalue weighted by Crippen LogP contribution is -2.50. The fraction of sp³-hybridized carbons (Fsp3) is 0.355. The lowest BCUT2D eigenvalue weighted by atomic mass is 9.67. The van der Waals surface area contributed by atoms with Crippen LogP contribution in [0.4, 0.5) is 0 Å². The number of hydrogen-bond donors (Lipinski definition) is 1. The van der Waals surface area contributed by atoms with Crippen molar-refractivity contribution in [1.29, 1.82) is 0 Å². The highest BCUT2D eigenvalue weighted by atomic mass is 16.3. The number of rotatable bonds is 9. The molecule has 1 aliphatic heterocycles. The van der Waals surface area contributed by atoms with Crippen molar-refractivity contribution in [3.8, 4) is 0 Å². The molecule has 4 heteroatoms. The molecule has 2 atom stereocenters. The number of hydrogen-bond acceptors (Lipinski definition) is 4. The van der Waals surface area contributed by atoms with Gasteiger partial charge in [-0.05, 0) is 49.9 Å². The Balaban J connectivity index is 1.81. The number of carbonyl (C=O) groups excluding carboxylic acids is 2. The van der Waals surface area contributed by atoms with E-state index in [9.17, 15) is 14.7 Å². The zero-order valence-electron chi connectivity index (χ0n) is 20.7. The summed E-state index contributed by atoms with van der Waals surface area (Å²) in [6.07, 6.45) is 1.55. The third-order valence-electron chi connectivity index (χ3n) is 7.46. The summed E-state index contributed by atoms with van der Waals surface area (Å²) in [6.45, 7) is 6.32. The second kappa shape index (κ2) is 11.6. The van der Waals surface area contributed by atoms with Crippen LogP contribution in [0.3, 0.4) is 0 Å². The van der Waals surface area contributed by atoms with Crippen LogP contribution < -0.4 is 0 Å². The van der Waals surface area contributed by atoms with Gasteiger partial charge < -0.3 is 10.0 Å². The first kappa shape index (κ1) is 25.0. The van der Waals surface area contributed by atoms with Crippen LogP contribution in [0.1, 0.15) is 56.2 Å². The molecule has 182 valence electrons. The maximum atomic E-state index is 14.0.